The molecule has 4 aromatic carbocycles. The van der Waals surface area contributed by atoms with Crippen LogP contribution < -0.4 is 9.47 Å². The van der Waals surface area contributed by atoms with E-state index in [1.807, 2.05) is 48.6 Å². The molecule has 0 atom stereocenters. The Hall–Kier alpha value is -5.55. The molecule has 11 heteroatoms. The summed E-state index contributed by atoms with van der Waals surface area (Å²) in [6.07, 6.45) is 0.691. The number of allylic oxidation sites excluding steroid dienone is 2. The second kappa shape index (κ2) is 19.7. The first-order valence-electron chi connectivity index (χ1n) is 15.9. The van der Waals surface area contributed by atoms with Gasteiger partial charge in [0.1, 0.15) is 0 Å². The van der Waals surface area contributed by atoms with Crippen LogP contribution >= 0.6 is 0 Å². The summed E-state index contributed by atoms with van der Waals surface area (Å²) >= 11 is 0. The quantitative estimate of drug-likeness (QED) is 0.0663. The average Bonchev–Trinajstić information content (AvgIpc) is 3.08. The third kappa shape index (κ3) is 15.1. The van der Waals surface area contributed by atoms with Crippen LogP contribution in [0.3, 0.4) is 0 Å². The molecule has 0 spiro atoms. The Morgan fingerprint density at radius 1 is 0.500 bits per heavy atom. The van der Waals surface area contributed by atoms with E-state index in [0.29, 0.717) is 17.7 Å². The van der Waals surface area contributed by atoms with Crippen molar-refractivity contribution >= 4 is 0 Å². The van der Waals surface area contributed by atoms with Gasteiger partial charge >= 0.3 is 12.7 Å². The van der Waals surface area contributed by atoms with Gasteiger partial charge in [-0.3, -0.25) is 0 Å². The van der Waals surface area contributed by atoms with E-state index in [0.717, 1.165) is 73.8 Å². The van der Waals surface area contributed by atoms with Gasteiger partial charge in [-0.2, -0.15) is 0 Å². The summed E-state index contributed by atoms with van der Waals surface area (Å²) in [6, 6.07) is 19.5. The fourth-order valence-corrected chi connectivity index (χ4v) is 4.49. The Morgan fingerprint density at radius 2 is 0.962 bits per heavy atom. The molecule has 0 aromatic heterocycles. The summed E-state index contributed by atoms with van der Waals surface area (Å²) in [5.41, 5.74) is 3.85. The van der Waals surface area contributed by atoms with E-state index in [1.165, 1.54) is 6.07 Å². The van der Waals surface area contributed by atoms with Crippen molar-refractivity contribution in [1.82, 2.24) is 0 Å². The van der Waals surface area contributed by atoms with Crippen LogP contribution in [-0.4, -0.2) is 12.7 Å². The molecule has 0 aliphatic rings. The number of aryl methyl sites for hydroxylation is 2. The van der Waals surface area contributed by atoms with Crippen LogP contribution in [0.5, 0.6) is 11.5 Å². The molecule has 4 aromatic rings. The first-order chi connectivity index (χ1) is 24.7. The number of benzene rings is 4. The number of hydrogen-bond acceptors (Lipinski definition) is 2. The number of rotatable bonds is 11. The minimum absolute atomic E-state index is 0.0872. The number of hydrogen-bond donors (Lipinski definition) is 0. The largest absolute Gasteiger partial charge is 0.573 e. The van der Waals surface area contributed by atoms with Gasteiger partial charge in [0, 0.05) is 22.3 Å². The van der Waals surface area contributed by atoms with E-state index in [2.05, 4.69) is 46.3 Å². The average molecular weight is 729 g/mol. The summed E-state index contributed by atoms with van der Waals surface area (Å²) in [7, 11) is 0. The Kier molecular flexibility index (Phi) is 15.5. The predicted octanol–water partition coefficient (Wildman–Crippen LogP) is 11.8. The molecule has 0 fully saturated rings. The summed E-state index contributed by atoms with van der Waals surface area (Å²) < 4.78 is 121. The molecule has 0 aliphatic carbocycles. The third-order valence-corrected chi connectivity index (χ3v) is 6.99. The SMILES string of the molecule is C=CCCCCCc1ccc(C#Cc2cc(F)c(OC(F)(F)F)c(F)c2)cc1.C=CCCc1ccc(C#Cc2ccc(OC(F)(F)F)c(F)c2)cc1. The van der Waals surface area contributed by atoms with Crippen molar-refractivity contribution in [2.75, 3.05) is 0 Å². The van der Waals surface area contributed by atoms with Crippen molar-refractivity contribution in [2.45, 2.75) is 57.7 Å². The highest BCUT2D eigenvalue weighted by Gasteiger charge is 2.34. The van der Waals surface area contributed by atoms with Gasteiger partial charge in [0.15, 0.2) is 23.2 Å². The van der Waals surface area contributed by atoms with Crippen molar-refractivity contribution in [3.8, 4) is 35.2 Å². The number of alkyl halides is 6. The summed E-state index contributed by atoms with van der Waals surface area (Å²) in [6.45, 7) is 7.35. The van der Waals surface area contributed by atoms with Crippen molar-refractivity contribution < 1.29 is 49.0 Å². The molecule has 272 valence electrons. The predicted molar refractivity (Wildman–Crippen MR) is 182 cm³/mol. The van der Waals surface area contributed by atoms with Crippen LogP contribution in [0.25, 0.3) is 0 Å². The van der Waals surface area contributed by atoms with Gasteiger partial charge < -0.3 is 9.47 Å². The Labute approximate surface area is 296 Å². The van der Waals surface area contributed by atoms with Crippen molar-refractivity contribution in [1.29, 1.82) is 0 Å². The molecule has 0 unspecified atom stereocenters. The van der Waals surface area contributed by atoms with Gasteiger partial charge in [-0.15, -0.1) is 39.5 Å². The highest BCUT2D eigenvalue weighted by molar-refractivity contribution is 5.47. The molecule has 0 heterocycles. The fraction of sp³-hybridized carbons (Fsp3) is 0.220. The molecule has 0 radical (unpaired) electrons. The third-order valence-electron chi connectivity index (χ3n) is 6.99. The van der Waals surface area contributed by atoms with Crippen LogP contribution in [0.15, 0.2) is 104 Å². The van der Waals surface area contributed by atoms with Gasteiger partial charge in [-0.25, -0.2) is 13.2 Å². The summed E-state index contributed by atoms with van der Waals surface area (Å²) in [4.78, 5) is 0. The molecular weight excluding hydrogens is 695 g/mol. The van der Waals surface area contributed by atoms with Crippen LogP contribution in [-0.2, 0) is 12.8 Å². The monoisotopic (exact) mass is 728 g/mol. The van der Waals surface area contributed by atoms with E-state index in [1.54, 1.807) is 12.1 Å². The molecule has 0 amide bonds. The second-order valence-electron chi connectivity index (χ2n) is 11.1. The van der Waals surface area contributed by atoms with Gasteiger partial charge in [0.25, 0.3) is 0 Å². The molecule has 2 nitrogen and oxygen atoms in total. The fourth-order valence-electron chi connectivity index (χ4n) is 4.49. The molecule has 0 N–H and O–H groups in total. The molecule has 4 rings (SSSR count). The maximum atomic E-state index is 13.7. The van der Waals surface area contributed by atoms with E-state index < -0.39 is 41.7 Å². The number of halogens is 9. The summed E-state index contributed by atoms with van der Waals surface area (Å²) in [5.74, 6) is 4.42. The highest BCUT2D eigenvalue weighted by Crippen LogP contribution is 2.29. The first kappa shape index (κ1) is 40.9. The maximum Gasteiger partial charge on any atom is 0.573 e. The number of ether oxygens (including phenoxy) is 2. The molecular formula is C41H33F9O2. The van der Waals surface area contributed by atoms with Crippen LogP contribution in [0.4, 0.5) is 39.5 Å². The maximum absolute atomic E-state index is 13.7. The molecule has 0 bridgehead atoms. The normalized spacial score (nSPS) is 10.8. The lowest BCUT2D eigenvalue weighted by Gasteiger charge is -2.10. The van der Waals surface area contributed by atoms with E-state index in [9.17, 15) is 39.5 Å². The standard InChI is InChI=1S/C22H19F5O.C19H14F4O/c1-2-3-4-5-6-7-16-8-10-17(11-9-16)12-13-18-14-19(23)21(20(24)15-18)28-22(25,26)27;1-2-3-4-14-5-7-15(8-6-14)9-10-16-11-12-18(17(20)13-16)24-19(21,22)23/h2,8-11,14-15H,1,3-7H2;2,5-8,11-13H,1,3-4H2. The number of unbranched alkanes of at least 4 members (excludes halogenated alkanes) is 3. The van der Waals surface area contributed by atoms with Crippen LogP contribution in [0, 0.1) is 41.1 Å². The lowest BCUT2D eigenvalue weighted by atomic mass is 10.0. The van der Waals surface area contributed by atoms with E-state index in [-0.39, 0.29) is 11.1 Å². The lowest BCUT2D eigenvalue weighted by molar-refractivity contribution is -0.277. The molecule has 52 heavy (non-hydrogen) atoms. The summed E-state index contributed by atoms with van der Waals surface area (Å²) in [5, 5.41) is 0. The first-order valence-corrected chi connectivity index (χ1v) is 15.9. The van der Waals surface area contributed by atoms with Gasteiger partial charge in [0.2, 0.25) is 5.75 Å². The Balaban J connectivity index is 0.000000284. The minimum atomic E-state index is -5.18. The zero-order valence-electron chi connectivity index (χ0n) is 27.7. The Morgan fingerprint density at radius 3 is 1.46 bits per heavy atom. The molecule has 0 aliphatic heterocycles. The van der Waals surface area contributed by atoms with Crippen LogP contribution in [0.1, 0.15) is 65.5 Å². The van der Waals surface area contributed by atoms with Crippen molar-refractivity contribution in [3.63, 3.8) is 0 Å². The van der Waals surface area contributed by atoms with E-state index in [4.69, 9.17) is 0 Å². The van der Waals surface area contributed by atoms with E-state index >= 15 is 0 Å². The van der Waals surface area contributed by atoms with Crippen molar-refractivity contribution in [3.05, 3.63) is 155 Å². The van der Waals surface area contributed by atoms with Gasteiger partial charge in [0.05, 0.1) is 0 Å². The van der Waals surface area contributed by atoms with Gasteiger partial charge in [-0.1, -0.05) is 66.5 Å². The smallest absolute Gasteiger partial charge is 0.403 e. The molecule has 0 saturated carbocycles. The second-order valence-corrected chi connectivity index (χ2v) is 11.1. The molecule has 0 saturated heterocycles. The van der Waals surface area contributed by atoms with Crippen molar-refractivity contribution in [2.24, 2.45) is 0 Å². The van der Waals surface area contributed by atoms with Crippen LogP contribution in [0.2, 0.25) is 0 Å². The zero-order valence-corrected chi connectivity index (χ0v) is 27.7. The zero-order chi connectivity index (χ0) is 38.1. The Bertz CT molecular complexity index is 1880. The topological polar surface area (TPSA) is 18.5 Å². The minimum Gasteiger partial charge on any atom is -0.403 e. The lowest BCUT2D eigenvalue weighted by Crippen LogP contribution is -2.19. The highest BCUT2D eigenvalue weighted by atomic mass is 19.4. The van der Waals surface area contributed by atoms with Gasteiger partial charge in [-0.05, 0) is 104 Å².